The number of aliphatic carboxylic acids is 1. The highest BCUT2D eigenvalue weighted by Gasteiger charge is 2.14. The molecule has 0 spiro atoms. The first kappa shape index (κ1) is 11.2. The molecule has 1 heterocycles. The monoisotopic (exact) mass is 213 g/mol. The van der Waals surface area contributed by atoms with E-state index in [0.29, 0.717) is 5.92 Å². The van der Waals surface area contributed by atoms with Crippen LogP contribution in [0.4, 0.5) is 0 Å². The van der Waals surface area contributed by atoms with Crippen LogP contribution in [0.25, 0.3) is 0 Å². The van der Waals surface area contributed by atoms with Crippen LogP contribution in [0.5, 0.6) is 0 Å². The first-order chi connectivity index (χ1) is 6.50. The highest BCUT2D eigenvalue weighted by Crippen LogP contribution is 2.28. The molecule has 0 aliphatic heterocycles. The van der Waals surface area contributed by atoms with E-state index in [-0.39, 0.29) is 12.3 Å². The highest BCUT2D eigenvalue weighted by molar-refractivity contribution is 7.11. The molecule has 0 aromatic carbocycles. The van der Waals surface area contributed by atoms with Gasteiger partial charge in [0.15, 0.2) is 0 Å². The maximum absolute atomic E-state index is 10.5. The third kappa shape index (κ3) is 2.80. The maximum atomic E-state index is 10.5. The van der Waals surface area contributed by atoms with Crippen molar-refractivity contribution in [1.82, 2.24) is 4.98 Å². The van der Waals surface area contributed by atoms with Gasteiger partial charge in [-0.15, -0.1) is 11.3 Å². The summed E-state index contributed by atoms with van der Waals surface area (Å²) in [6.07, 6.45) is 1.98. The number of hydrogen-bond donors (Lipinski definition) is 1. The fourth-order valence-electron chi connectivity index (χ4n) is 1.16. The minimum atomic E-state index is -0.753. The van der Waals surface area contributed by atoms with Crippen LogP contribution in [0.3, 0.4) is 0 Å². The van der Waals surface area contributed by atoms with E-state index in [9.17, 15) is 4.79 Å². The van der Waals surface area contributed by atoms with Gasteiger partial charge in [-0.05, 0) is 0 Å². The molecule has 1 aromatic rings. The summed E-state index contributed by atoms with van der Waals surface area (Å²) in [5.41, 5.74) is 0. The number of carbonyl (C=O) groups is 1. The van der Waals surface area contributed by atoms with Crippen molar-refractivity contribution in [3.8, 4) is 0 Å². The van der Waals surface area contributed by atoms with E-state index in [1.54, 1.807) is 17.5 Å². The molecule has 1 N–H and O–H groups in total. The van der Waals surface area contributed by atoms with Crippen molar-refractivity contribution in [3.05, 3.63) is 16.1 Å². The Balaban J connectivity index is 2.71. The van der Waals surface area contributed by atoms with E-state index in [0.717, 1.165) is 9.88 Å². The summed E-state index contributed by atoms with van der Waals surface area (Å²) in [7, 11) is 0. The summed E-state index contributed by atoms with van der Waals surface area (Å²) >= 11 is 1.62. The molecule has 0 bridgehead atoms. The largest absolute Gasteiger partial charge is 0.481 e. The number of aromatic nitrogens is 1. The van der Waals surface area contributed by atoms with Gasteiger partial charge >= 0.3 is 5.97 Å². The highest BCUT2D eigenvalue weighted by atomic mass is 32.1. The molecular formula is C10H15NO2S. The molecule has 0 fully saturated rings. The topological polar surface area (TPSA) is 50.2 Å². The first-order valence-electron chi connectivity index (χ1n) is 4.68. The number of nitrogens with zero attached hydrogens (tertiary/aromatic N) is 1. The molecule has 1 rings (SSSR count). The quantitative estimate of drug-likeness (QED) is 0.836. The van der Waals surface area contributed by atoms with Gasteiger partial charge in [0, 0.05) is 22.9 Å². The fraction of sp³-hybridized carbons (Fsp3) is 0.600. The lowest BCUT2D eigenvalue weighted by molar-refractivity contribution is -0.137. The lowest BCUT2D eigenvalue weighted by atomic mass is 10.1. The molecule has 1 atom stereocenters. The molecule has 78 valence electrons. The Morgan fingerprint density at radius 1 is 1.57 bits per heavy atom. The summed E-state index contributed by atoms with van der Waals surface area (Å²) in [6.45, 7) is 6.10. The van der Waals surface area contributed by atoms with Crippen LogP contribution in [-0.4, -0.2) is 16.1 Å². The van der Waals surface area contributed by atoms with Gasteiger partial charge in [-0.1, -0.05) is 20.8 Å². The summed E-state index contributed by atoms with van der Waals surface area (Å²) in [6, 6.07) is 0. The third-order valence-electron chi connectivity index (χ3n) is 2.00. The van der Waals surface area contributed by atoms with E-state index in [1.807, 2.05) is 6.92 Å². The zero-order valence-corrected chi connectivity index (χ0v) is 9.47. The van der Waals surface area contributed by atoms with E-state index < -0.39 is 5.97 Å². The van der Waals surface area contributed by atoms with Crippen LogP contribution in [0.15, 0.2) is 6.20 Å². The molecule has 0 radical (unpaired) electrons. The predicted octanol–water partition coefficient (Wildman–Crippen LogP) is 2.84. The minimum Gasteiger partial charge on any atom is -0.481 e. The Morgan fingerprint density at radius 3 is 2.64 bits per heavy atom. The SMILES string of the molecule is CC(C)c1ncc(C(C)CC(=O)O)s1. The second-order valence-corrected chi connectivity index (χ2v) is 4.85. The van der Waals surface area contributed by atoms with Crippen LogP contribution in [-0.2, 0) is 4.79 Å². The zero-order chi connectivity index (χ0) is 10.7. The molecule has 4 heteroatoms. The second-order valence-electron chi connectivity index (χ2n) is 3.75. The lowest BCUT2D eigenvalue weighted by Crippen LogP contribution is -2.00. The molecule has 3 nitrogen and oxygen atoms in total. The van der Waals surface area contributed by atoms with Crippen LogP contribution < -0.4 is 0 Å². The Bertz CT molecular complexity index is 320. The van der Waals surface area contributed by atoms with Crippen molar-refractivity contribution < 1.29 is 9.90 Å². The molecule has 1 unspecified atom stereocenters. The van der Waals surface area contributed by atoms with Crippen molar-refractivity contribution >= 4 is 17.3 Å². The van der Waals surface area contributed by atoms with Crippen molar-refractivity contribution in [2.75, 3.05) is 0 Å². The maximum Gasteiger partial charge on any atom is 0.303 e. The van der Waals surface area contributed by atoms with E-state index in [1.165, 1.54) is 0 Å². The summed E-state index contributed by atoms with van der Waals surface area (Å²) in [5.74, 6) is -0.264. The number of carboxylic acid groups (broad SMARTS) is 1. The zero-order valence-electron chi connectivity index (χ0n) is 8.65. The lowest BCUT2D eigenvalue weighted by Gasteiger charge is -2.03. The van der Waals surface area contributed by atoms with Crippen LogP contribution >= 0.6 is 11.3 Å². The third-order valence-corrected chi connectivity index (χ3v) is 3.53. The molecule has 0 aliphatic carbocycles. The molecule has 14 heavy (non-hydrogen) atoms. The first-order valence-corrected chi connectivity index (χ1v) is 5.49. The summed E-state index contributed by atoms with van der Waals surface area (Å²) in [5, 5.41) is 9.73. The molecule has 0 aliphatic rings. The fourth-order valence-corrected chi connectivity index (χ4v) is 2.13. The van der Waals surface area contributed by atoms with Crippen molar-refractivity contribution in [2.24, 2.45) is 0 Å². The van der Waals surface area contributed by atoms with Crippen LogP contribution in [0.2, 0.25) is 0 Å². The van der Waals surface area contributed by atoms with Gasteiger partial charge in [0.2, 0.25) is 0 Å². The normalized spacial score (nSPS) is 13.1. The summed E-state index contributed by atoms with van der Waals surface area (Å²) in [4.78, 5) is 15.8. The number of hydrogen-bond acceptors (Lipinski definition) is 3. The predicted molar refractivity (Wildman–Crippen MR) is 56.9 cm³/mol. The summed E-state index contributed by atoms with van der Waals surface area (Å²) < 4.78 is 0. The minimum absolute atomic E-state index is 0.0671. The Morgan fingerprint density at radius 2 is 2.21 bits per heavy atom. The van der Waals surface area contributed by atoms with E-state index in [2.05, 4.69) is 18.8 Å². The number of rotatable bonds is 4. The molecule has 0 saturated carbocycles. The standard InChI is InChI=1S/C10H15NO2S/c1-6(2)10-11-5-8(14-10)7(3)4-9(12)13/h5-7H,4H2,1-3H3,(H,12,13). The van der Waals surface area contributed by atoms with Gasteiger partial charge in [-0.3, -0.25) is 4.79 Å². The average molecular weight is 213 g/mol. The Labute approximate surface area is 87.8 Å². The number of carboxylic acids is 1. The van der Waals surface area contributed by atoms with Crippen LogP contribution in [0, 0.1) is 0 Å². The van der Waals surface area contributed by atoms with Crippen molar-refractivity contribution in [1.29, 1.82) is 0 Å². The van der Waals surface area contributed by atoms with Gasteiger partial charge in [0.1, 0.15) is 0 Å². The molecular weight excluding hydrogens is 198 g/mol. The van der Waals surface area contributed by atoms with Gasteiger partial charge in [-0.2, -0.15) is 0 Å². The smallest absolute Gasteiger partial charge is 0.303 e. The second kappa shape index (κ2) is 4.55. The van der Waals surface area contributed by atoms with E-state index >= 15 is 0 Å². The molecule has 0 saturated heterocycles. The van der Waals surface area contributed by atoms with Crippen molar-refractivity contribution in [2.45, 2.75) is 39.0 Å². The van der Waals surface area contributed by atoms with Crippen LogP contribution in [0.1, 0.15) is 48.9 Å². The van der Waals surface area contributed by atoms with Gasteiger partial charge in [0.05, 0.1) is 11.4 Å². The van der Waals surface area contributed by atoms with Gasteiger partial charge < -0.3 is 5.11 Å². The average Bonchev–Trinajstić information content (AvgIpc) is 2.50. The van der Waals surface area contributed by atoms with Gasteiger partial charge in [-0.25, -0.2) is 4.98 Å². The van der Waals surface area contributed by atoms with Crippen molar-refractivity contribution in [3.63, 3.8) is 0 Å². The number of thiazole rings is 1. The molecule has 1 aromatic heterocycles. The molecule has 0 amide bonds. The Hall–Kier alpha value is -0.900. The Kier molecular flexibility index (Phi) is 3.63. The van der Waals surface area contributed by atoms with Gasteiger partial charge in [0.25, 0.3) is 0 Å². The van der Waals surface area contributed by atoms with E-state index in [4.69, 9.17) is 5.11 Å².